The molecule has 20 heavy (non-hydrogen) atoms. The van der Waals surface area contributed by atoms with Crippen molar-refractivity contribution in [2.45, 2.75) is 0 Å². The predicted molar refractivity (Wildman–Crippen MR) is 79.7 cm³/mol. The summed E-state index contributed by atoms with van der Waals surface area (Å²) in [5, 5.41) is 1.57. The molecule has 1 heterocycles. The summed E-state index contributed by atoms with van der Waals surface area (Å²) in [5.74, 6) is 0.589. The number of carbonyl (C=O) groups is 1. The van der Waals surface area contributed by atoms with Crippen LogP contribution in [0.1, 0.15) is 16.1 Å². The van der Waals surface area contributed by atoms with Crippen molar-refractivity contribution in [2.24, 2.45) is 0 Å². The highest BCUT2D eigenvalue weighted by molar-refractivity contribution is 6.31. The van der Waals surface area contributed by atoms with Crippen molar-refractivity contribution < 1.29 is 9.53 Å². The molecule has 0 aliphatic heterocycles. The summed E-state index contributed by atoms with van der Waals surface area (Å²) in [5.41, 5.74) is 2.01. The molecule has 100 valence electrons. The van der Waals surface area contributed by atoms with E-state index in [4.69, 9.17) is 16.3 Å². The normalized spacial score (nSPS) is 10.7. The number of benzene rings is 2. The molecule has 3 rings (SSSR count). The largest absolute Gasteiger partial charge is 0.497 e. The van der Waals surface area contributed by atoms with Crippen molar-refractivity contribution in [1.29, 1.82) is 0 Å². The van der Waals surface area contributed by atoms with Crippen molar-refractivity contribution in [3.8, 4) is 5.75 Å². The average Bonchev–Trinajstić information content (AvgIpc) is 2.89. The van der Waals surface area contributed by atoms with Gasteiger partial charge in [-0.05, 0) is 36.4 Å². The number of aromatic nitrogens is 1. The number of hydrogen-bond donors (Lipinski definition) is 1. The molecule has 4 heteroatoms. The summed E-state index contributed by atoms with van der Waals surface area (Å²) in [7, 11) is 1.58. The maximum atomic E-state index is 12.4. The first-order valence-corrected chi connectivity index (χ1v) is 6.52. The molecule has 0 spiro atoms. The van der Waals surface area contributed by atoms with E-state index in [1.807, 2.05) is 24.3 Å². The Hall–Kier alpha value is -2.26. The fraction of sp³-hybridized carbons (Fsp3) is 0.0625. The summed E-state index contributed by atoms with van der Waals surface area (Å²) in [4.78, 5) is 15.6. The third-order valence-corrected chi connectivity index (χ3v) is 3.39. The lowest BCUT2D eigenvalue weighted by Gasteiger charge is -2.02. The molecular formula is C16H12ClNO2. The van der Waals surface area contributed by atoms with E-state index in [-0.39, 0.29) is 5.78 Å². The summed E-state index contributed by atoms with van der Waals surface area (Å²) < 4.78 is 5.14. The van der Waals surface area contributed by atoms with Crippen LogP contribution in [0.3, 0.4) is 0 Å². The third kappa shape index (κ3) is 2.28. The summed E-state index contributed by atoms with van der Waals surface area (Å²) in [6.07, 6.45) is 0. The van der Waals surface area contributed by atoms with E-state index in [1.54, 1.807) is 31.4 Å². The molecule has 0 atom stereocenters. The first kappa shape index (κ1) is 12.8. The fourth-order valence-corrected chi connectivity index (χ4v) is 2.33. The van der Waals surface area contributed by atoms with E-state index >= 15 is 0 Å². The zero-order valence-electron chi connectivity index (χ0n) is 10.8. The molecular weight excluding hydrogens is 274 g/mol. The molecule has 3 nitrogen and oxygen atoms in total. The van der Waals surface area contributed by atoms with Crippen LogP contribution in [0.25, 0.3) is 10.9 Å². The number of halogens is 1. The van der Waals surface area contributed by atoms with Crippen LogP contribution in [0.5, 0.6) is 5.75 Å². The lowest BCUT2D eigenvalue weighted by Crippen LogP contribution is -2.01. The molecule has 2 aromatic carbocycles. The first-order chi connectivity index (χ1) is 9.67. The van der Waals surface area contributed by atoms with Crippen LogP contribution in [0.4, 0.5) is 0 Å². The minimum Gasteiger partial charge on any atom is -0.497 e. The Morgan fingerprint density at radius 2 is 2.00 bits per heavy atom. The van der Waals surface area contributed by atoms with Crippen LogP contribution in [0, 0.1) is 0 Å². The van der Waals surface area contributed by atoms with Gasteiger partial charge < -0.3 is 9.72 Å². The van der Waals surface area contributed by atoms with Crippen LogP contribution in [-0.2, 0) is 0 Å². The highest BCUT2D eigenvalue weighted by Crippen LogP contribution is 2.22. The van der Waals surface area contributed by atoms with Crippen LogP contribution >= 0.6 is 11.6 Å². The van der Waals surface area contributed by atoms with Gasteiger partial charge in [-0.2, -0.15) is 0 Å². The number of methoxy groups -OCH3 is 1. The zero-order valence-corrected chi connectivity index (χ0v) is 11.6. The number of hydrogen-bond acceptors (Lipinski definition) is 2. The molecule has 0 unspecified atom stereocenters. The number of ketones is 1. The Morgan fingerprint density at radius 1 is 1.15 bits per heavy atom. The summed E-state index contributed by atoms with van der Waals surface area (Å²) >= 11 is 5.95. The second-order valence-corrected chi connectivity index (χ2v) is 4.91. The second kappa shape index (κ2) is 5.02. The number of carbonyl (C=O) groups excluding carboxylic acids is 1. The van der Waals surface area contributed by atoms with Gasteiger partial charge in [0.15, 0.2) is 0 Å². The Balaban J connectivity index is 2.03. The number of nitrogens with one attached hydrogen (secondary N) is 1. The number of aromatic amines is 1. The van der Waals surface area contributed by atoms with E-state index in [0.717, 1.165) is 10.9 Å². The van der Waals surface area contributed by atoms with Gasteiger partial charge in [-0.15, -0.1) is 0 Å². The lowest BCUT2D eigenvalue weighted by atomic mass is 10.1. The molecule has 0 aliphatic rings. The number of fused-ring (bicyclic) bond motifs is 1. The molecule has 1 aromatic heterocycles. The number of rotatable bonds is 3. The van der Waals surface area contributed by atoms with E-state index in [9.17, 15) is 4.79 Å². The van der Waals surface area contributed by atoms with E-state index in [2.05, 4.69) is 4.98 Å². The van der Waals surface area contributed by atoms with E-state index < -0.39 is 0 Å². The third-order valence-electron chi connectivity index (χ3n) is 3.16. The number of H-pyrrole nitrogens is 1. The predicted octanol–water partition coefficient (Wildman–Crippen LogP) is 4.06. The Labute approximate surface area is 121 Å². The molecule has 0 fully saturated rings. The summed E-state index contributed by atoms with van der Waals surface area (Å²) in [6.45, 7) is 0. The molecule has 0 saturated heterocycles. The quantitative estimate of drug-likeness (QED) is 0.737. The maximum absolute atomic E-state index is 12.4. The van der Waals surface area contributed by atoms with Crippen molar-refractivity contribution in [1.82, 2.24) is 4.98 Å². The van der Waals surface area contributed by atoms with Gasteiger partial charge in [0, 0.05) is 21.5 Å². The second-order valence-electron chi connectivity index (χ2n) is 4.48. The van der Waals surface area contributed by atoms with Gasteiger partial charge in [-0.1, -0.05) is 23.7 Å². The van der Waals surface area contributed by atoms with Gasteiger partial charge in [0.1, 0.15) is 5.75 Å². The SMILES string of the molecule is COc1cccc(C(=O)c2cc3cc(Cl)ccc3[nH]2)c1. The highest BCUT2D eigenvalue weighted by Gasteiger charge is 2.12. The average molecular weight is 286 g/mol. The molecule has 0 radical (unpaired) electrons. The van der Waals surface area contributed by atoms with Gasteiger partial charge in [-0.25, -0.2) is 0 Å². The van der Waals surface area contributed by atoms with Crippen molar-refractivity contribution in [3.63, 3.8) is 0 Å². The van der Waals surface area contributed by atoms with Crippen LogP contribution in [0.15, 0.2) is 48.5 Å². The molecule has 3 aromatic rings. The van der Waals surface area contributed by atoms with Gasteiger partial charge >= 0.3 is 0 Å². The fourth-order valence-electron chi connectivity index (χ4n) is 2.15. The van der Waals surface area contributed by atoms with Gasteiger partial charge in [0.2, 0.25) is 5.78 Å². The monoisotopic (exact) mass is 285 g/mol. The number of ether oxygens (including phenoxy) is 1. The molecule has 0 saturated carbocycles. The maximum Gasteiger partial charge on any atom is 0.209 e. The van der Waals surface area contributed by atoms with Gasteiger partial charge in [0.05, 0.1) is 12.8 Å². The van der Waals surface area contributed by atoms with E-state index in [0.29, 0.717) is 22.0 Å². The molecule has 0 bridgehead atoms. The van der Waals surface area contributed by atoms with Crippen molar-refractivity contribution >= 4 is 28.3 Å². The Bertz CT molecular complexity index is 792. The molecule has 1 N–H and O–H groups in total. The van der Waals surface area contributed by atoms with Gasteiger partial charge in [0.25, 0.3) is 0 Å². The first-order valence-electron chi connectivity index (χ1n) is 6.14. The smallest absolute Gasteiger partial charge is 0.209 e. The summed E-state index contributed by atoms with van der Waals surface area (Å²) in [6, 6.07) is 14.4. The lowest BCUT2D eigenvalue weighted by molar-refractivity contribution is 0.103. The van der Waals surface area contributed by atoms with Crippen molar-refractivity contribution in [2.75, 3.05) is 7.11 Å². The Kier molecular flexibility index (Phi) is 3.20. The van der Waals surface area contributed by atoms with Gasteiger partial charge in [-0.3, -0.25) is 4.79 Å². The molecule has 0 aliphatic carbocycles. The topological polar surface area (TPSA) is 42.1 Å². The van der Waals surface area contributed by atoms with Crippen LogP contribution in [0.2, 0.25) is 5.02 Å². The molecule has 0 amide bonds. The minimum absolute atomic E-state index is 0.0729. The van der Waals surface area contributed by atoms with E-state index in [1.165, 1.54) is 0 Å². The van der Waals surface area contributed by atoms with Crippen LogP contribution < -0.4 is 4.74 Å². The van der Waals surface area contributed by atoms with Crippen molar-refractivity contribution in [3.05, 3.63) is 64.8 Å². The minimum atomic E-state index is -0.0729. The highest BCUT2D eigenvalue weighted by atomic mass is 35.5. The Morgan fingerprint density at radius 3 is 2.80 bits per heavy atom. The standard InChI is InChI=1S/C16H12ClNO2/c1-20-13-4-2-3-10(8-13)16(19)15-9-11-7-12(17)5-6-14(11)18-15/h2-9,18H,1H3. The zero-order chi connectivity index (χ0) is 14.1. The van der Waals surface area contributed by atoms with Crippen LogP contribution in [-0.4, -0.2) is 17.9 Å².